The number of hydrogen-bond acceptors (Lipinski definition) is 0. The molecule has 0 nitrogen and oxygen atoms in total. The summed E-state index contributed by atoms with van der Waals surface area (Å²) in [7, 11) is 0. The molecule has 0 heterocycles. The second-order valence-electron chi connectivity index (χ2n) is 14.8. The van der Waals surface area contributed by atoms with Crippen LogP contribution in [0.4, 0.5) is 0 Å². The molecule has 0 fully saturated rings. The molecule has 0 amide bonds. The minimum absolute atomic E-state index is 0.938. The van der Waals surface area contributed by atoms with E-state index in [9.17, 15) is 0 Å². The molecule has 242 valence electrons. The topological polar surface area (TPSA) is 0 Å². The molecule has 0 saturated heterocycles. The summed E-state index contributed by atoms with van der Waals surface area (Å²) in [6, 6.07) is 0. The molecule has 0 aliphatic heterocycles. The maximum Gasteiger partial charge on any atom is -0.0443 e. The van der Waals surface area contributed by atoms with Crippen molar-refractivity contribution >= 4 is 0 Å². The van der Waals surface area contributed by atoms with E-state index in [1.165, 1.54) is 193 Å². The highest BCUT2D eigenvalue weighted by atomic mass is 14.2. The fourth-order valence-electron chi connectivity index (χ4n) is 6.81. The first-order chi connectivity index (χ1) is 19.5. The highest BCUT2D eigenvalue weighted by molar-refractivity contribution is 4.62. The van der Waals surface area contributed by atoms with Crippen molar-refractivity contribution in [1.82, 2.24) is 0 Å². The molecule has 0 aromatic heterocycles. The fourth-order valence-corrected chi connectivity index (χ4v) is 6.81. The lowest BCUT2D eigenvalue weighted by molar-refractivity contribution is 0.364. The predicted octanol–water partition coefficient (Wildman–Crippen LogP) is 15.3. The van der Waals surface area contributed by atoms with E-state index in [4.69, 9.17) is 0 Å². The Morgan fingerprint density at radius 3 is 0.625 bits per heavy atom. The molecule has 4 unspecified atom stereocenters. The van der Waals surface area contributed by atoms with E-state index < -0.39 is 0 Å². The lowest BCUT2D eigenvalue weighted by Gasteiger charge is -2.17. The van der Waals surface area contributed by atoms with Crippen molar-refractivity contribution < 1.29 is 0 Å². The second kappa shape index (κ2) is 31.9. The lowest BCUT2D eigenvalue weighted by Crippen LogP contribution is -2.02. The summed E-state index contributed by atoms with van der Waals surface area (Å²) in [5.74, 6) is 3.77. The largest absolute Gasteiger partial charge is 0.0654 e. The molecular formula is C40H82. The predicted molar refractivity (Wildman–Crippen MR) is 187 cm³/mol. The molecule has 0 N–H and O–H groups in total. The van der Waals surface area contributed by atoms with Gasteiger partial charge in [0.1, 0.15) is 0 Å². The summed E-state index contributed by atoms with van der Waals surface area (Å²) in [5.41, 5.74) is 0. The van der Waals surface area contributed by atoms with Gasteiger partial charge in [-0.2, -0.15) is 0 Å². The van der Waals surface area contributed by atoms with Crippen molar-refractivity contribution in [2.75, 3.05) is 0 Å². The van der Waals surface area contributed by atoms with Gasteiger partial charge in [0, 0.05) is 0 Å². The summed E-state index contributed by atoms with van der Waals surface area (Å²) < 4.78 is 0. The highest BCUT2D eigenvalue weighted by Gasteiger charge is 2.09. The van der Waals surface area contributed by atoms with Crippen molar-refractivity contribution in [1.29, 1.82) is 0 Å². The molecule has 0 aliphatic rings. The van der Waals surface area contributed by atoms with Crippen molar-refractivity contribution in [2.45, 2.75) is 234 Å². The summed E-state index contributed by atoms with van der Waals surface area (Å²) in [5, 5.41) is 0. The quantitative estimate of drug-likeness (QED) is 0.0698. The van der Waals surface area contributed by atoms with Gasteiger partial charge in [-0.1, -0.05) is 234 Å². The van der Waals surface area contributed by atoms with E-state index in [-0.39, 0.29) is 0 Å². The lowest BCUT2D eigenvalue weighted by atomic mass is 9.89. The van der Waals surface area contributed by atoms with Crippen LogP contribution in [0.25, 0.3) is 0 Å². The minimum atomic E-state index is 0.938. The standard InChI is InChI=1S/C40H82/c1-7-9-11-13-15-16-17-18-19-21-23-25-30-38(4)32-27-34-40(6)36-28-35-39(5)33-26-31-37(3)29-24-22-20-14-12-10-8-2/h37-40H,7-36H2,1-6H3. The number of unbranched alkanes of at least 4 members (excludes halogenated alkanes) is 17. The molecule has 0 aromatic carbocycles. The third kappa shape index (κ3) is 30.9. The Balaban J connectivity index is 3.47. The molecular weight excluding hydrogens is 480 g/mol. The number of rotatable bonds is 33. The summed E-state index contributed by atoms with van der Waals surface area (Å²) in [6.07, 6.45) is 43.9. The zero-order chi connectivity index (χ0) is 29.5. The summed E-state index contributed by atoms with van der Waals surface area (Å²) >= 11 is 0. The van der Waals surface area contributed by atoms with E-state index in [1.54, 1.807) is 0 Å². The zero-order valence-corrected chi connectivity index (χ0v) is 29.5. The Bertz CT molecular complexity index is 453. The SMILES string of the molecule is CCCCCCCCCCCCCCC(C)CCCC(C)CCCC(C)CCCC(C)CCCCCCCCC. The van der Waals surface area contributed by atoms with Gasteiger partial charge in [0.15, 0.2) is 0 Å². The molecule has 0 aliphatic carbocycles. The molecule has 0 aromatic rings. The summed E-state index contributed by atoms with van der Waals surface area (Å²) in [4.78, 5) is 0. The Labute approximate surface area is 257 Å². The monoisotopic (exact) mass is 563 g/mol. The van der Waals surface area contributed by atoms with Crippen molar-refractivity contribution in [3.63, 3.8) is 0 Å². The van der Waals surface area contributed by atoms with E-state index in [0.29, 0.717) is 0 Å². The van der Waals surface area contributed by atoms with Crippen LogP contribution in [0.2, 0.25) is 0 Å². The maximum atomic E-state index is 2.52. The Morgan fingerprint density at radius 1 is 0.225 bits per heavy atom. The molecule has 0 rings (SSSR count). The molecule has 40 heavy (non-hydrogen) atoms. The first kappa shape index (κ1) is 40.0. The molecule has 0 saturated carbocycles. The van der Waals surface area contributed by atoms with Crippen molar-refractivity contribution in [3.05, 3.63) is 0 Å². The van der Waals surface area contributed by atoms with Gasteiger partial charge in [-0.05, 0) is 23.7 Å². The van der Waals surface area contributed by atoms with Crippen LogP contribution in [0.5, 0.6) is 0 Å². The first-order valence-corrected chi connectivity index (χ1v) is 19.5. The molecule has 0 radical (unpaired) electrons. The smallest absolute Gasteiger partial charge is 0.0443 e. The van der Waals surface area contributed by atoms with E-state index in [1.807, 2.05) is 0 Å². The third-order valence-electron chi connectivity index (χ3n) is 10.0. The van der Waals surface area contributed by atoms with Gasteiger partial charge in [-0.25, -0.2) is 0 Å². The molecule has 4 atom stereocenters. The minimum Gasteiger partial charge on any atom is -0.0654 e. The van der Waals surface area contributed by atoms with Gasteiger partial charge in [0.25, 0.3) is 0 Å². The molecule has 0 heteroatoms. The van der Waals surface area contributed by atoms with Crippen molar-refractivity contribution in [3.8, 4) is 0 Å². The van der Waals surface area contributed by atoms with Crippen LogP contribution in [-0.2, 0) is 0 Å². The molecule has 0 bridgehead atoms. The Hall–Kier alpha value is 0. The highest BCUT2D eigenvalue weighted by Crippen LogP contribution is 2.24. The van der Waals surface area contributed by atoms with Crippen LogP contribution >= 0.6 is 0 Å². The third-order valence-corrected chi connectivity index (χ3v) is 10.0. The van der Waals surface area contributed by atoms with E-state index in [0.717, 1.165) is 23.7 Å². The van der Waals surface area contributed by atoms with Crippen LogP contribution < -0.4 is 0 Å². The van der Waals surface area contributed by atoms with E-state index >= 15 is 0 Å². The Kier molecular flexibility index (Phi) is 31.9. The van der Waals surface area contributed by atoms with Gasteiger partial charge in [-0.15, -0.1) is 0 Å². The van der Waals surface area contributed by atoms with Gasteiger partial charge < -0.3 is 0 Å². The average Bonchev–Trinajstić information content (AvgIpc) is 2.93. The fraction of sp³-hybridized carbons (Fsp3) is 1.00. The first-order valence-electron chi connectivity index (χ1n) is 19.5. The van der Waals surface area contributed by atoms with Gasteiger partial charge in [-0.3, -0.25) is 0 Å². The molecule has 0 spiro atoms. The number of hydrogen-bond donors (Lipinski definition) is 0. The van der Waals surface area contributed by atoms with Crippen LogP contribution in [0.1, 0.15) is 234 Å². The van der Waals surface area contributed by atoms with Crippen LogP contribution in [-0.4, -0.2) is 0 Å². The Morgan fingerprint density at radius 2 is 0.400 bits per heavy atom. The van der Waals surface area contributed by atoms with Gasteiger partial charge in [0.2, 0.25) is 0 Å². The van der Waals surface area contributed by atoms with Crippen LogP contribution in [0.15, 0.2) is 0 Å². The van der Waals surface area contributed by atoms with Crippen LogP contribution in [0, 0.1) is 23.7 Å². The van der Waals surface area contributed by atoms with Crippen LogP contribution in [0.3, 0.4) is 0 Å². The maximum absolute atomic E-state index is 2.52. The van der Waals surface area contributed by atoms with Gasteiger partial charge in [0.05, 0.1) is 0 Å². The zero-order valence-electron chi connectivity index (χ0n) is 29.5. The van der Waals surface area contributed by atoms with Gasteiger partial charge >= 0.3 is 0 Å². The summed E-state index contributed by atoms with van der Waals surface area (Å²) in [6.45, 7) is 14.7. The average molecular weight is 563 g/mol. The van der Waals surface area contributed by atoms with Crippen molar-refractivity contribution in [2.24, 2.45) is 23.7 Å². The normalized spacial score (nSPS) is 14.8. The van der Waals surface area contributed by atoms with E-state index in [2.05, 4.69) is 41.5 Å². The second-order valence-corrected chi connectivity index (χ2v) is 14.8.